The third kappa shape index (κ3) is 16.6. The van der Waals surface area contributed by atoms with E-state index in [1.807, 2.05) is 36.4 Å². The summed E-state index contributed by atoms with van der Waals surface area (Å²) in [7, 11) is 0. The first-order valence-corrected chi connectivity index (χ1v) is 18.7. The van der Waals surface area contributed by atoms with E-state index in [1.165, 1.54) is 121 Å². The summed E-state index contributed by atoms with van der Waals surface area (Å²) in [6, 6.07) is 16.3. The molecular formula is C37H56Cl4O. The average Bonchev–Trinajstić information content (AvgIpc) is 2.97. The lowest BCUT2D eigenvalue weighted by Gasteiger charge is -2.29. The van der Waals surface area contributed by atoms with E-state index in [0.717, 1.165) is 47.2 Å². The van der Waals surface area contributed by atoms with Crippen molar-refractivity contribution in [2.24, 2.45) is 0 Å². The molecule has 2 saturated carbocycles. The Morgan fingerprint density at radius 1 is 0.500 bits per heavy atom. The van der Waals surface area contributed by atoms with E-state index in [2.05, 4.69) is 12.1 Å². The maximum Gasteiger partial charge on any atom is 0.0967 e. The molecule has 4 rings (SSSR count). The molecular weight excluding hydrogens is 602 g/mol. The maximum absolute atomic E-state index is 11.1. The van der Waals surface area contributed by atoms with Crippen LogP contribution in [-0.2, 0) is 5.60 Å². The van der Waals surface area contributed by atoms with Crippen LogP contribution >= 0.6 is 46.4 Å². The van der Waals surface area contributed by atoms with Crippen molar-refractivity contribution in [3.05, 3.63) is 69.7 Å². The van der Waals surface area contributed by atoms with Gasteiger partial charge >= 0.3 is 0 Å². The topological polar surface area (TPSA) is 20.2 Å². The first kappa shape index (κ1) is 37.7. The molecule has 0 atom stereocenters. The number of benzene rings is 2. The van der Waals surface area contributed by atoms with Gasteiger partial charge in [-0.05, 0) is 67.0 Å². The first-order chi connectivity index (χ1) is 20.5. The van der Waals surface area contributed by atoms with E-state index < -0.39 is 5.60 Å². The van der Waals surface area contributed by atoms with Crippen molar-refractivity contribution in [3.8, 4) is 0 Å². The Kier molecular flexibility index (Phi) is 21.5. The molecule has 0 aliphatic heterocycles. The van der Waals surface area contributed by atoms with Crippen LogP contribution in [0.5, 0.6) is 0 Å². The zero-order valence-electron chi connectivity index (χ0n) is 25.9. The summed E-state index contributed by atoms with van der Waals surface area (Å²) in [6.45, 7) is 0. The second-order valence-corrected chi connectivity index (χ2v) is 14.0. The Hall–Kier alpha value is -0.440. The number of aliphatic hydroxyl groups is 1. The first-order valence-electron chi connectivity index (χ1n) is 16.8. The van der Waals surface area contributed by atoms with Gasteiger partial charge in [0.2, 0.25) is 0 Å². The molecule has 2 aliphatic rings. The van der Waals surface area contributed by atoms with Crippen molar-refractivity contribution in [2.45, 2.75) is 153 Å². The number of hydrogen-bond donors (Lipinski definition) is 1. The third-order valence-corrected chi connectivity index (χ3v) is 9.51. The molecule has 0 amide bonds. The van der Waals surface area contributed by atoms with Crippen LogP contribution in [0.1, 0.15) is 158 Å². The average molecular weight is 659 g/mol. The number of halogens is 4. The largest absolute Gasteiger partial charge is 0.385 e. The molecule has 42 heavy (non-hydrogen) atoms. The van der Waals surface area contributed by atoms with Crippen LogP contribution in [-0.4, -0.2) is 10.4 Å². The molecule has 5 heteroatoms. The third-order valence-electron chi connectivity index (χ3n) is 9.01. The summed E-state index contributed by atoms with van der Waals surface area (Å²) in [5, 5.41) is 12.9. The smallest absolute Gasteiger partial charge is 0.0967 e. The van der Waals surface area contributed by atoms with Crippen LogP contribution in [0, 0.1) is 0 Å². The quantitative estimate of drug-likeness (QED) is 0.319. The number of rotatable bonds is 2. The number of alkyl halides is 2. The van der Waals surface area contributed by atoms with Gasteiger partial charge < -0.3 is 5.11 Å². The molecule has 0 saturated heterocycles. The van der Waals surface area contributed by atoms with Crippen LogP contribution in [0.4, 0.5) is 0 Å². The Balaban J connectivity index is 0.000000269. The normalized spacial score (nSPS) is 20.0. The van der Waals surface area contributed by atoms with E-state index in [1.54, 1.807) is 0 Å². The summed E-state index contributed by atoms with van der Waals surface area (Å²) in [5.41, 5.74) is 1.89. The molecule has 2 fully saturated rings. The fourth-order valence-electron chi connectivity index (χ4n) is 6.48. The van der Waals surface area contributed by atoms with Crippen LogP contribution in [0.3, 0.4) is 0 Å². The maximum atomic E-state index is 11.1. The Morgan fingerprint density at radius 3 is 1.19 bits per heavy atom. The summed E-state index contributed by atoms with van der Waals surface area (Å²) in [5.74, 6) is 0.761. The predicted molar refractivity (Wildman–Crippen MR) is 188 cm³/mol. The van der Waals surface area contributed by atoms with Gasteiger partial charge in [0.1, 0.15) is 0 Å². The highest BCUT2D eigenvalue weighted by atomic mass is 35.5. The van der Waals surface area contributed by atoms with Crippen LogP contribution in [0.25, 0.3) is 0 Å². The van der Waals surface area contributed by atoms with Gasteiger partial charge in [0.15, 0.2) is 0 Å². The summed E-state index contributed by atoms with van der Waals surface area (Å²) in [6.07, 6.45) is 28.8. The van der Waals surface area contributed by atoms with Crippen molar-refractivity contribution in [3.63, 3.8) is 0 Å². The van der Waals surface area contributed by atoms with E-state index in [0.29, 0.717) is 0 Å². The molecule has 2 aromatic rings. The lowest BCUT2D eigenvalue weighted by molar-refractivity contribution is 0.0130. The summed E-state index contributed by atoms with van der Waals surface area (Å²) < 4.78 is 0. The summed E-state index contributed by atoms with van der Waals surface area (Å²) >= 11 is 21.5. The lowest BCUT2D eigenvalue weighted by atomic mass is 9.83. The second kappa shape index (κ2) is 23.9. The molecule has 2 aromatic carbocycles. The van der Waals surface area contributed by atoms with Gasteiger partial charge in [-0.3, -0.25) is 0 Å². The highest BCUT2D eigenvalue weighted by Gasteiger charge is 2.28. The minimum absolute atomic E-state index is 0.194. The van der Waals surface area contributed by atoms with Crippen molar-refractivity contribution in [2.75, 3.05) is 5.34 Å². The minimum atomic E-state index is -0.649. The molecule has 0 spiro atoms. The minimum Gasteiger partial charge on any atom is -0.385 e. The molecule has 2 aliphatic carbocycles. The van der Waals surface area contributed by atoms with Gasteiger partial charge in [-0.1, -0.05) is 163 Å². The second-order valence-electron chi connectivity index (χ2n) is 12.3. The predicted octanol–water partition coefficient (Wildman–Crippen LogP) is 14.0. The standard InChI is InChI=1S/C18H27ClO.C18H27Cl.CH2Cl2/c19-17-12-10-16(11-13-17)18(20)14-8-6-4-2-1-3-5-7-9-15-18;19-18-14-12-17(13-15-18)16-10-8-6-4-2-1-3-5-7-9-11-16;2-1-3/h10-13,20H,1-9,14-15H2;12-16H,1-11H2;1H2. The van der Waals surface area contributed by atoms with E-state index >= 15 is 0 Å². The molecule has 0 bridgehead atoms. The molecule has 0 unspecified atom stereocenters. The van der Waals surface area contributed by atoms with Gasteiger partial charge in [-0.2, -0.15) is 0 Å². The van der Waals surface area contributed by atoms with Gasteiger partial charge in [-0.25, -0.2) is 0 Å². The Bertz CT molecular complexity index is 875. The zero-order valence-corrected chi connectivity index (χ0v) is 28.9. The van der Waals surface area contributed by atoms with E-state index in [9.17, 15) is 5.11 Å². The van der Waals surface area contributed by atoms with Crippen molar-refractivity contribution < 1.29 is 5.11 Å². The van der Waals surface area contributed by atoms with Crippen LogP contribution < -0.4 is 0 Å². The Labute approximate surface area is 278 Å². The van der Waals surface area contributed by atoms with E-state index in [-0.39, 0.29) is 5.34 Å². The molecule has 1 nitrogen and oxygen atoms in total. The van der Waals surface area contributed by atoms with Crippen LogP contribution in [0.2, 0.25) is 10.0 Å². The van der Waals surface area contributed by atoms with E-state index in [4.69, 9.17) is 46.4 Å². The van der Waals surface area contributed by atoms with Gasteiger partial charge in [-0.15, -0.1) is 23.2 Å². The number of hydrogen-bond acceptors (Lipinski definition) is 1. The van der Waals surface area contributed by atoms with Crippen molar-refractivity contribution >= 4 is 46.4 Å². The summed E-state index contributed by atoms with van der Waals surface area (Å²) in [4.78, 5) is 0. The molecule has 0 aromatic heterocycles. The van der Waals surface area contributed by atoms with Crippen molar-refractivity contribution in [1.29, 1.82) is 0 Å². The highest BCUT2D eigenvalue weighted by molar-refractivity contribution is 6.40. The molecule has 238 valence electrons. The molecule has 0 radical (unpaired) electrons. The fraction of sp³-hybridized carbons (Fsp3) is 0.676. The van der Waals surface area contributed by atoms with Crippen LogP contribution in [0.15, 0.2) is 48.5 Å². The van der Waals surface area contributed by atoms with Gasteiger partial charge in [0.05, 0.1) is 10.9 Å². The van der Waals surface area contributed by atoms with Gasteiger partial charge in [0.25, 0.3) is 0 Å². The SMILES string of the molecule is ClCCl.Clc1ccc(C2CCCCCCCCCCC2)cc1.OC1(c2ccc(Cl)cc2)CCCCCCCCCCC1. The fourth-order valence-corrected chi connectivity index (χ4v) is 6.73. The molecule has 1 N–H and O–H groups in total. The lowest BCUT2D eigenvalue weighted by Crippen LogP contribution is -2.25. The highest BCUT2D eigenvalue weighted by Crippen LogP contribution is 2.34. The van der Waals surface area contributed by atoms with Gasteiger partial charge in [0, 0.05) is 10.0 Å². The Morgan fingerprint density at radius 2 is 0.810 bits per heavy atom. The zero-order chi connectivity index (χ0) is 30.3. The molecule has 0 heterocycles. The van der Waals surface area contributed by atoms with Crippen molar-refractivity contribution in [1.82, 2.24) is 0 Å². The monoisotopic (exact) mass is 656 g/mol.